The summed E-state index contributed by atoms with van der Waals surface area (Å²) in [4.78, 5) is 24.9. The largest absolute Gasteiger partial charge is 0.493 e. The van der Waals surface area contributed by atoms with Gasteiger partial charge >= 0.3 is 0 Å². The zero-order valence-electron chi connectivity index (χ0n) is 20.9. The lowest BCUT2D eigenvalue weighted by atomic mass is 9.90. The van der Waals surface area contributed by atoms with Crippen LogP contribution in [0.3, 0.4) is 0 Å². The van der Waals surface area contributed by atoms with Gasteiger partial charge in [-0.05, 0) is 61.0 Å². The summed E-state index contributed by atoms with van der Waals surface area (Å²) in [5.74, 6) is 3.42. The number of rotatable bonds is 10. The van der Waals surface area contributed by atoms with E-state index in [2.05, 4.69) is 28.7 Å². The molecule has 0 N–H and O–H groups in total. The molecular formula is C27H36ClFN4O2. The number of hydrogen-bond acceptors (Lipinski definition) is 5. The Morgan fingerprint density at radius 2 is 1.97 bits per heavy atom. The molecule has 190 valence electrons. The van der Waals surface area contributed by atoms with Crippen LogP contribution in [0.15, 0.2) is 30.6 Å². The Kier molecular flexibility index (Phi) is 8.47. The first kappa shape index (κ1) is 25.7. The summed E-state index contributed by atoms with van der Waals surface area (Å²) >= 11 is 5.89. The minimum absolute atomic E-state index is 0.0715. The van der Waals surface area contributed by atoms with E-state index in [4.69, 9.17) is 16.3 Å². The maximum absolute atomic E-state index is 14.5. The molecule has 2 aromatic rings. The van der Waals surface area contributed by atoms with Crippen LogP contribution in [0.25, 0.3) is 0 Å². The standard InChI is InChI=1S/C27H36ClFN4O2/c1-18(2)17-32(3)26(34)13-21-4-5-23(14-25(21)29)35-11-8-20-12-24(20)19-6-9-33(10-7-19)27-30-15-22(28)16-31-27/h4-5,14-16,18-20,24H,6-13,17H2,1-3H3/t20-,24-/m1/s1. The van der Waals surface area contributed by atoms with Gasteiger partial charge in [0.25, 0.3) is 0 Å². The van der Waals surface area contributed by atoms with Gasteiger partial charge in [-0.25, -0.2) is 14.4 Å². The molecule has 1 aromatic heterocycles. The minimum Gasteiger partial charge on any atom is -0.493 e. The summed E-state index contributed by atoms with van der Waals surface area (Å²) in [7, 11) is 1.76. The summed E-state index contributed by atoms with van der Waals surface area (Å²) in [6, 6.07) is 4.85. The fourth-order valence-electron chi connectivity index (χ4n) is 5.21. The van der Waals surface area contributed by atoms with Crippen LogP contribution in [0.5, 0.6) is 5.75 Å². The van der Waals surface area contributed by atoms with Crippen LogP contribution in [0.1, 0.15) is 45.1 Å². The fourth-order valence-corrected chi connectivity index (χ4v) is 5.31. The van der Waals surface area contributed by atoms with E-state index in [1.807, 2.05) is 0 Å². The molecule has 1 aromatic carbocycles. The van der Waals surface area contributed by atoms with Crippen LogP contribution in [-0.4, -0.2) is 54.1 Å². The molecule has 2 aliphatic rings. The summed E-state index contributed by atoms with van der Waals surface area (Å²) < 4.78 is 20.4. The van der Waals surface area contributed by atoms with E-state index in [0.29, 0.717) is 41.3 Å². The Balaban J connectivity index is 1.16. The molecule has 1 aliphatic carbocycles. The third-order valence-corrected chi connectivity index (χ3v) is 7.40. The number of carbonyl (C=O) groups is 1. The first-order valence-electron chi connectivity index (χ1n) is 12.7. The lowest BCUT2D eigenvalue weighted by Crippen LogP contribution is -2.35. The summed E-state index contributed by atoms with van der Waals surface area (Å²) in [5, 5.41) is 0.561. The zero-order chi connectivity index (χ0) is 24.9. The molecule has 0 radical (unpaired) electrons. The maximum Gasteiger partial charge on any atom is 0.226 e. The predicted molar refractivity (Wildman–Crippen MR) is 136 cm³/mol. The van der Waals surface area contributed by atoms with Gasteiger partial charge in [0.15, 0.2) is 0 Å². The van der Waals surface area contributed by atoms with Crippen molar-refractivity contribution in [2.24, 2.45) is 23.7 Å². The number of likely N-dealkylation sites (N-methyl/N-ethyl adjacent to an activating group) is 1. The SMILES string of the molecule is CC(C)CN(C)C(=O)Cc1ccc(OCC[C@@H]2C[C@@H]2C2CCN(c3ncc(Cl)cn3)CC2)cc1F. The first-order valence-corrected chi connectivity index (χ1v) is 13.1. The van der Waals surface area contributed by atoms with Gasteiger partial charge in [-0.15, -0.1) is 0 Å². The zero-order valence-corrected chi connectivity index (χ0v) is 21.7. The molecule has 2 heterocycles. The molecule has 35 heavy (non-hydrogen) atoms. The van der Waals surface area contributed by atoms with Gasteiger partial charge in [-0.1, -0.05) is 31.5 Å². The molecule has 8 heteroatoms. The van der Waals surface area contributed by atoms with Crippen molar-refractivity contribution >= 4 is 23.5 Å². The van der Waals surface area contributed by atoms with Gasteiger partial charge in [0.1, 0.15) is 11.6 Å². The highest BCUT2D eigenvalue weighted by atomic mass is 35.5. The fraction of sp³-hybridized carbons (Fsp3) is 0.593. The van der Waals surface area contributed by atoms with Crippen LogP contribution in [0.4, 0.5) is 10.3 Å². The Bertz CT molecular complexity index is 995. The van der Waals surface area contributed by atoms with Crippen molar-refractivity contribution < 1.29 is 13.9 Å². The smallest absolute Gasteiger partial charge is 0.226 e. The van der Waals surface area contributed by atoms with E-state index in [1.54, 1.807) is 36.5 Å². The molecule has 0 bridgehead atoms. The number of amides is 1. The number of hydrogen-bond donors (Lipinski definition) is 0. The number of aromatic nitrogens is 2. The number of anilines is 1. The maximum atomic E-state index is 14.5. The molecule has 2 atom stereocenters. The van der Waals surface area contributed by atoms with Crippen LogP contribution < -0.4 is 9.64 Å². The summed E-state index contributed by atoms with van der Waals surface area (Å²) in [6.07, 6.45) is 7.94. The molecule has 4 rings (SSSR count). The average molecular weight is 503 g/mol. The van der Waals surface area contributed by atoms with E-state index in [0.717, 1.165) is 50.1 Å². The van der Waals surface area contributed by atoms with Crippen molar-refractivity contribution in [1.82, 2.24) is 14.9 Å². The molecule has 1 amide bonds. The number of carbonyl (C=O) groups excluding carboxylic acids is 1. The number of piperidine rings is 1. The Hall–Kier alpha value is -2.41. The third kappa shape index (κ3) is 7.06. The molecule has 2 fully saturated rings. The van der Waals surface area contributed by atoms with E-state index >= 15 is 0 Å². The van der Waals surface area contributed by atoms with E-state index < -0.39 is 0 Å². The van der Waals surface area contributed by atoms with Crippen LogP contribution in [0.2, 0.25) is 5.02 Å². The van der Waals surface area contributed by atoms with Gasteiger partial charge in [0, 0.05) is 32.7 Å². The molecule has 6 nitrogen and oxygen atoms in total. The molecule has 1 saturated carbocycles. The highest BCUT2D eigenvalue weighted by Crippen LogP contribution is 2.49. The monoisotopic (exact) mass is 502 g/mol. The molecular weight excluding hydrogens is 467 g/mol. The van der Waals surface area contributed by atoms with Gasteiger partial charge in [0.2, 0.25) is 11.9 Å². The highest BCUT2D eigenvalue weighted by Gasteiger charge is 2.43. The number of halogens is 2. The van der Waals surface area contributed by atoms with Gasteiger partial charge in [-0.3, -0.25) is 4.79 Å². The molecule has 0 unspecified atom stereocenters. The van der Waals surface area contributed by atoms with Gasteiger partial charge in [0.05, 0.1) is 30.4 Å². The topological polar surface area (TPSA) is 58.6 Å². The minimum atomic E-state index is -0.380. The predicted octanol–water partition coefficient (Wildman–Crippen LogP) is 5.25. The number of benzene rings is 1. The second kappa shape index (κ2) is 11.5. The normalized spacial score (nSPS) is 20.2. The first-order chi connectivity index (χ1) is 16.8. The second-order valence-corrected chi connectivity index (χ2v) is 10.9. The van der Waals surface area contributed by atoms with E-state index in [-0.39, 0.29) is 18.1 Å². The van der Waals surface area contributed by atoms with Crippen molar-refractivity contribution in [2.45, 2.75) is 46.0 Å². The van der Waals surface area contributed by atoms with Crippen molar-refractivity contribution in [2.75, 3.05) is 38.2 Å². The number of ether oxygens (including phenoxy) is 1. The lowest BCUT2D eigenvalue weighted by Gasteiger charge is -2.32. The summed E-state index contributed by atoms with van der Waals surface area (Å²) in [5.41, 5.74) is 0.413. The Labute approximate surface area is 212 Å². The Morgan fingerprint density at radius 3 is 2.63 bits per heavy atom. The van der Waals surface area contributed by atoms with E-state index in [1.165, 1.54) is 12.5 Å². The van der Waals surface area contributed by atoms with Crippen molar-refractivity contribution in [3.63, 3.8) is 0 Å². The van der Waals surface area contributed by atoms with Gasteiger partial charge < -0.3 is 14.5 Å². The van der Waals surface area contributed by atoms with Crippen molar-refractivity contribution in [1.29, 1.82) is 0 Å². The van der Waals surface area contributed by atoms with Gasteiger partial charge in [-0.2, -0.15) is 0 Å². The number of nitrogens with zero attached hydrogens (tertiary/aromatic N) is 4. The molecule has 0 spiro atoms. The summed E-state index contributed by atoms with van der Waals surface area (Å²) in [6.45, 7) is 7.33. The second-order valence-electron chi connectivity index (χ2n) is 10.4. The molecule has 1 saturated heterocycles. The Morgan fingerprint density at radius 1 is 1.26 bits per heavy atom. The average Bonchev–Trinajstić information content (AvgIpc) is 3.60. The van der Waals surface area contributed by atoms with E-state index in [9.17, 15) is 9.18 Å². The van der Waals surface area contributed by atoms with Crippen LogP contribution in [0, 0.1) is 29.5 Å². The highest BCUT2D eigenvalue weighted by molar-refractivity contribution is 6.30. The van der Waals surface area contributed by atoms with Crippen LogP contribution >= 0.6 is 11.6 Å². The quantitative estimate of drug-likeness (QED) is 0.444. The molecule has 1 aliphatic heterocycles. The lowest BCUT2D eigenvalue weighted by molar-refractivity contribution is -0.129. The van der Waals surface area contributed by atoms with Crippen LogP contribution in [-0.2, 0) is 11.2 Å². The van der Waals surface area contributed by atoms with Crippen molar-refractivity contribution in [3.05, 3.63) is 47.0 Å². The third-order valence-electron chi connectivity index (χ3n) is 7.20. The van der Waals surface area contributed by atoms with Crippen molar-refractivity contribution in [3.8, 4) is 5.75 Å².